The zero-order valence-electron chi connectivity index (χ0n) is 15.7. The second-order valence-electron chi connectivity index (χ2n) is 7.90. The van der Waals surface area contributed by atoms with Gasteiger partial charge in [0.1, 0.15) is 5.82 Å². The van der Waals surface area contributed by atoms with Gasteiger partial charge in [-0.15, -0.1) is 0 Å². The van der Waals surface area contributed by atoms with Gasteiger partial charge in [-0.2, -0.15) is 0 Å². The van der Waals surface area contributed by atoms with E-state index in [4.69, 9.17) is 0 Å². The van der Waals surface area contributed by atoms with Gasteiger partial charge in [-0.1, -0.05) is 42.5 Å². The summed E-state index contributed by atoms with van der Waals surface area (Å²) in [6.07, 6.45) is 2.00. The van der Waals surface area contributed by atoms with Crippen molar-refractivity contribution in [2.24, 2.45) is 0 Å². The SMILES string of the molecule is C=C(C)CN1CCC2(CC1)CN(C(=O)c1ccccc1F)c1ccccc12. The van der Waals surface area contributed by atoms with Crippen LogP contribution < -0.4 is 4.90 Å². The lowest BCUT2D eigenvalue weighted by Gasteiger charge is -2.40. The average molecular weight is 364 g/mol. The van der Waals surface area contributed by atoms with Crippen LogP contribution in [0.5, 0.6) is 0 Å². The topological polar surface area (TPSA) is 23.6 Å². The van der Waals surface area contributed by atoms with Gasteiger partial charge in [-0.05, 0) is 56.6 Å². The first-order valence-corrected chi connectivity index (χ1v) is 9.53. The molecule has 3 nitrogen and oxygen atoms in total. The second kappa shape index (κ2) is 6.93. The van der Waals surface area contributed by atoms with Crippen LogP contribution >= 0.6 is 0 Å². The van der Waals surface area contributed by atoms with Crippen LogP contribution in [0.3, 0.4) is 0 Å². The molecule has 2 aromatic rings. The Bertz CT molecular complexity index is 883. The zero-order valence-corrected chi connectivity index (χ0v) is 15.7. The van der Waals surface area contributed by atoms with Crippen LogP contribution in [0.25, 0.3) is 0 Å². The maximum absolute atomic E-state index is 14.2. The smallest absolute Gasteiger partial charge is 0.261 e. The van der Waals surface area contributed by atoms with Crippen molar-refractivity contribution < 1.29 is 9.18 Å². The fourth-order valence-corrected chi connectivity index (χ4v) is 4.54. The number of carbonyl (C=O) groups excluding carboxylic acids is 1. The summed E-state index contributed by atoms with van der Waals surface area (Å²) >= 11 is 0. The van der Waals surface area contributed by atoms with Gasteiger partial charge in [0, 0.05) is 24.2 Å². The van der Waals surface area contributed by atoms with E-state index >= 15 is 0 Å². The summed E-state index contributed by atoms with van der Waals surface area (Å²) in [4.78, 5) is 17.3. The molecule has 0 aliphatic carbocycles. The molecule has 0 saturated carbocycles. The molecule has 0 unspecified atom stereocenters. The van der Waals surface area contributed by atoms with Gasteiger partial charge < -0.3 is 4.90 Å². The number of anilines is 1. The standard InChI is InChI=1S/C23H25FN2O/c1-17(2)15-25-13-11-23(12-14-25)16-26(21-10-6-4-8-19(21)23)22(27)18-7-3-5-9-20(18)24/h3-10H,1,11-16H2,2H3. The first-order chi connectivity index (χ1) is 13.0. The van der Waals surface area contributed by atoms with E-state index in [1.807, 2.05) is 18.2 Å². The van der Waals surface area contributed by atoms with E-state index in [2.05, 4.69) is 24.5 Å². The quantitative estimate of drug-likeness (QED) is 0.754. The number of rotatable bonds is 3. The van der Waals surface area contributed by atoms with Crippen molar-refractivity contribution in [3.05, 3.63) is 77.6 Å². The van der Waals surface area contributed by atoms with Gasteiger partial charge in [0.05, 0.1) is 5.56 Å². The number of likely N-dealkylation sites (tertiary alicyclic amines) is 1. The van der Waals surface area contributed by atoms with Gasteiger partial charge in [0.25, 0.3) is 5.91 Å². The van der Waals surface area contributed by atoms with Crippen molar-refractivity contribution >= 4 is 11.6 Å². The molecule has 0 N–H and O–H groups in total. The summed E-state index contributed by atoms with van der Waals surface area (Å²) in [7, 11) is 0. The van der Waals surface area contributed by atoms with E-state index in [1.54, 1.807) is 23.1 Å². The number of piperidine rings is 1. The Labute approximate surface area is 160 Å². The Hall–Kier alpha value is -2.46. The molecule has 0 bridgehead atoms. The van der Waals surface area contributed by atoms with Crippen LogP contribution in [0, 0.1) is 5.82 Å². The number of carbonyl (C=O) groups is 1. The molecular formula is C23H25FN2O. The predicted molar refractivity (Wildman–Crippen MR) is 107 cm³/mol. The lowest BCUT2D eigenvalue weighted by atomic mass is 9.74. The van der Waals surface area contributed by atoms with Crippen molar-refractivity contribution in [2.75, 3.05) is 31.1 Å². The average Bonchev–Trinajstić information content (AvgIpc) is 2.98. The lowest BCUT2D eigenvalue weighted by Crippen LogP contribution is -2.46. The third kappa shape index (κ3) is 3.19. The molecule has 0 radical (unpaired) electrons. The first kappa shape index (κ1) is 17.9. The van der Waals surface area contributed by atoms with Crippen LogP contribution in [0.1, 0.15) is 35.7 Å². The lowest BCUT2D eigenvalue weighted by molar-refractivity contribution is 0.0973. The van der Waals surface area contributed by atoms with E-state index in [9.17, 15) is 9.18 Å². The molecule has 2 aromatic carbocycles. The number of nitrogens with zero attached hydrogens (tertiary/aromatic N) is 2. The third-order valence-corrected chi connectivity index (χ3v) is 5.88. The monoisotopic (exact) mass is 364 g/mol. The molecular weight excluding hydrogens is 339 g/mol. The van der Waals surface area contributed by atoms with Gasteiger partial charge in [-0.3, -0.25) is 9.69 Å². The molecule has 1 amide bonds. The molecule has 27 heavy (non-hydrogen) atoms. The van der Waals surface area contributed by atoms with Gasteiger partial charge in [0.2, 0.25) is 0 Å². The van der Waals surface area contributed by atoms with Gasteiger partial charge in [0.15, 0.2) is 0 Å². The Morgan fingerprint density at radius 1 is 1.11 bits per heavy atom. The molecule has 2 aliphatic heterocycles. The van der Waals surface area contributed by atoms with Crippen LogP contribution in [0.2, 0.25) is 0 Å². The number of para-hydroxylation sites is 1. The second-order valence-corrected chi connectivity index (χ2v) is 7.90. The Morgan fingerprint density at radius 3 is 2.48 bits per heavy atom. The molecule has 4 heteroatoms. The molecule has 0 aromatic heterocycles. The van der Waals surface area contributed by atoms with E-state index in [0.29, 0.717) is 6.54 Å². The molecule has 1 saturated heterocycles. The third-order valence-electron chi connectivity index (χ3n) is 5.88. The minimum atomic E-state index is -0.461. The van der Waals surface area contributed by atoms with Crippen LogP contribution in [-0.2, 0) is 5.41 Å². The molecule has 1 spiro atoms. The number of fused-ring (bicyclic) bond motifs is 2. The summed E-state index contributed by atoms with van der Waals surface area (Å²) in [5, 5.41) is 0. The van der Waals surface area contributed by atoms with E-state index in [1.165, 1.54) is 17.2 Å². The predicted octanol–water partition coefficient (Wildman–Crippen LogP) is 4.40. The summed E-state index contributed by atoms with van der Waals surface area (Å²) in [5.74, 6) is -0.709. The zero-order chi connectivity index (χ0) is 19.0. The van der Waals surface area contributed by atoms with Crippen LogP contribution in [0.15, 0.2) is 60.7 Å². The van der Waals surface area contributed by atoms with Crippen molar-refractivity contribution in [1.29, 1.82) is 0 Å². The Balaban J connectivity index is 1.63. The maximum atomic E-state index is 14.2. The summed E-state index contributed by atoms with van der Waals surface area (Å²) in [6, 6.07) is 14.4. The van der Waals surface area contributed by atoms with E-state index < -0.39 is 5.82 Å². The summed E-state index contributed by atoms with van der Waals surface area (Å²) in [6.45, 7) is 9.61. The number of halogens is 1. The van der Waals surface area contributed by atoms with E-state index in [-0.39, 0.29) is 16.9 Å². The fraction of sp³-hybridized carbons (Fsp3) is 0.348. The highest BCUT2D eigenvalue weighted by Gasteiger charge is 2.46. The molecule has 1 fully saturated rings. The number of benzene rings is 2. The number of hydrogen-bond acceptors (Lipinski definition) is 2. The maximum Gasteiger partial charge on any atom is 0.261 e. The summed E-state index contributed by atoms with van der Waals surface area (Å²) < 4.78 is 14.2. The van der Waals surface area contributed by atoms with Crippen LogP contribution in [0.4, 0.5) is 10.1 Å². The summed E-state index contributed by atoms with van der Waals surface area (Å²) in [5.41, 5.74) is 3.44. The van der Waals surface area contributed by atoms with Crippen molar-refractivity contribution in [3.8, 4) is 0 Å². The molecule has 2 aliphatic rings. The fourth-order valence-electron chi connectivity index (χ4n) is 4.54. The highest BCUT2D eigenvalue weighted by molar-refractivity contribution is 6.08. The number of hydrogen-bond donors (Lipinski definition) is 0. The molecule has 0 atom stereocenters. The van der Waals surface area contributed by atoms with E-state index in [0.717, 1.165) is 38.2 Å². The highest BCUT2D eigenvalue weighted by atomic mass is 19.1. The van der Waals surface area contributed by atoms with Crippen molar-refractivity contribution in [3.63, 3.8) is 0 Å². The van der Waals surface area contributed by atoms with Crippen molar-refractivity contribution in [1.82, 2.24) is 4.90 Å². The molecule has 140 valence electrons. The minimum absolute atomic E-state index is 0.0386. The van der Waals surface area contributed by atoms with Crippen molar-refractivity contribution in [2.45, 2.75) is 25.2 Å². The normalized spacial score (nSPS) is 18.5. The molecule has 2 heterocycles. The highest BCUT2D eigenvalue weighted by Crippen LogP contribution is 2.47. The van der Waals surface area contributed by atoms with Gasteiger partial charge in [-0.25, -0.2) is 4.39 Å². The largest absolute Gasteiger partial charge is 0.307 e. The Kier molecular flexibility index (Phi) is 4.60. The first-order valence-electron chi connectivity index (χ1n) is 9.53. The van der Waals surface area contributed by atoms with Gasteiger partial charge >= 0.3 is 0 Å². The minimum Gasteiger partial charge on any atom is -0.307 e. The molecule has 4 rings (SSSR count). The van der Waals surface area contributed by atoms with Crippen LogP contribution in [-0.4, -0.2) is 37.0 Å². The Morgan fingerprint density at radius 2 is 1.78 bits per heavy atom. The number of amides is 1.